The van der Waals surface area contributed by atoms with E-state index in [1.807, 2.05) is 6.92 Å². The van der Waals surface area contributed by atoms with Crippen LogP contribution in [0, 0.1) is 0 Å². The number of carboxylic acid groups (broad SMARTS) is 1. The van der Waals surface area contributed by atoms with E-state index in [2.05, 4.69) is 0 Å². The summed E-state index contributed by atoms with van der Waals surface area (Å²) < 4.78 is 0. The minimum atomic E-state index is -0.711. The van der Waals surface area contributed by atoms with Gasteiger partial charge in [-0.3, -0.25) is 4.79 Å². The molecule has 0 saturated heterocycles. The summed E-state index contributed by atoms with van der Waals surface area (Å²) in [5.41, 5.74) is 0. The first kappa shape index (κ1) is 10.2. The maximum Gasteiger partial charge on any atom is 0.303 e. The number of aliphatic carboxylic acids is 1. The van der Waals surface area contributed by atoms with Gasteiger partial charge in [0.1, 0.15) is 0 Å². The van der Waals surface area contributed by atoms with Gasteiger partial charge in [0.2, 0.25) is 0 Å². The Labute approximate surface area is 56.0 Å². The zero-order valence-corrected chi connectivity index (χ0v) is 6.66. The molecule has 2 nitrogen and oxygen atoms in total. The zero-order chi connectivity index (χ0) is 4.99. The summed E-state index contributed by atoms with van der Waals surface area (Å²) in [6, 6.07) is 0. The first-order chi connectivity index (χ1) is 2.77. The van der Waals surface area contributed by atoms with E-state index < -0.39 is 5.97 Å². The van der Waals surface area contributed by atoms with E-state index >= 15 is 0 Å². The van der Waals surface area contributed by atoms with Crippen LogP contribution in [0.1, 0.15) is 19.8 Å². The van der Waals surface area contributed by atoms with Gasteiger partial charge in [0, 0.05) is 26.2 Å². The van der Waals surface area contributed by atoms with Crippen LogP contribution in [0.3, 0.4) is 0 Å². The van der Waals surface area contributed by atoms with Crippen molar-refractivity contribution in [1.29, 1.82) is 0 Å². The Balaban J connectivity index is 0. The van der Waals surface area contributed by atoms with Crippen LogP contribution in [0.15, 0.2) is 0 Å². The van der Waals surface area contributed by atoms with Crippen molar-refractivity contribution in [3.8, 4) is 0 Å². The van der Waals surface area contributed by atoms with Crippen molar-refractivity contribution in [3.05, 3.63) is 0 Å². The van der Waals surface area contributed by atoms with E-state index in [0.717, 1.165) is 6.42 Å². The molecule has 0 heterocycles. The second kappa shape index (κ2) is 6.11. The van der Waals surface area contributed by atoms with Crippen molar-refractivity contribution in [2.24, 2.45) is 0 Å². The monoisotopic (exact) mass is 280 g/mol. The van der Waals surface area contributed by atoms with E-state index in [1.54, 1.807) is 0 Å². The summed E-state index contributed by atoms with van der Waals surface area (Å²) in [5, 5.41) is 7.91. The summed E-state index contributed by atoms with van der Waals surface area (Å²) in [6.07, 6.45) is 1.02. The van der Waals surface area contributed by atoms with Crippen molar-refractivity contribution >= 4 is 5.97 Å². The Hall–Kier alpha value is 0.106. The summed E-state index contributed by atoms with van der Waals surface area (Å²) in [6.45, 7) is 1.84. The van der Waals surface area contributed by atoms with Crippen molar-refractivity contribution in [3.63, 3.8) is 0 Å². The molecular formula is C4H8O2Os. The standard InChI is InChI=1S/C4H8O2.Os/c1-2-3-4(5)6;/h2-3H2,1H3,(H,5,6);. The van der Waals surface area contributed by atoms with Gasteiger partial charge >= 0.3 is 5.97 Å². The smallest absolute Gasteiger partial charge is 0.303 e. The summed E-state index contributed by atoms with van der Waals surface area (Å²) in [5.74, 6) is -0.711. The molecule has 0 unspecified atom stereocenters. The van der Waals surface area contributed by atoms with Crippen LogP contribution in [0.5, 0.6) is 0 Å². The molecule has 0 rings (SSSR count). The number of carbonyl (C=O) groups is 1. The predicted molar refractivity (Wildman–Crippen MR) is 22.5 cm³/mol. The molecule has 0 saturated carbocycles. The second-order valence-corrected chi connectivity index (χ2v) is 1.14. The van der Waals surface area contributed by atoms with Crippen molar-refractivity contribution in [2.45, 2.75) is 19.8 Å². The molecule has 0 spiro atoms. The molecule has 0 atom stereocenters. The van der Waals surface area contributed by atoms with Crippen molar-refractivity contribution in [2.75, 3.05) is 0 Å². The van der Waals surface area contributed by atoms with Gasteiger partial charge in [-0.1, -0.05) is 6.92 Å². The van der Waals surface area contributed by atoms with Gasteiger partial charge in [-0.05, 0) is 6.42 Å². The summed E-state index contributed by atoms with van der Waals surface area (Å²) in [4.78, 5) is 9.60. The molecule has 0 fully saturated rings. The topological polar surface area (TPSA) is 37.3 Å². The van der Waals surface area contributed by atoms with E-state index in [4.69, 9.17) is 5.11 Å². The fraction of sp³-hybridized carbons (Fsp3) is 0.750. The molecular weight excluding hydrogens is 270 g/mol. The summed E-state index contributed by atoms with van der Waals surface area (Å²) >= 11 is 0. The van der Waals surface area contributed by atoms with E-state index in [1.165, 1.54) is 0 Å². The van der Waals surface area contributed by atoms with Crippen molar-refractivity contribution in [1.82, 2.24) is 0 Å². The van der Waals surface area contributed by atoms with Crippen LogP contribution in [0.25, 0.3) is 0 Å². The number of carboxylic acids is 1. The Morgan fingerprint density at radius 1 is 1.71 bits per heavy atom. The summed E-state index contributed by atoms with van der Waals surface area (Å²) in [7, 11) is 0. The molecule has 44 valence electrons. The van der Waals surface area contributed by atoms with Crippen LogP contribution >= 0.6 is 0 Å². The molecule has 0 aliphatic carbocycles. The minimum Gasteiger partial charge on any atom is -0.481 e. The molecule has 0 aromatic heterocycles. The van der Waals surface area contributed by atoms with Crippen LogP contribution in [-0.2, 0) is 24.6 Å². The number of hydrogen-bond acceptors (Lipinski definition) is 1. The first-order valence-corrected chi connectivity index (χ1v) is 1.99. The molecule has 1 N–H and O–H groups in total. The van der Waals surface area contributed by atoms with Crippen LogP contribution in [0.4, 0.5) is 0 Å². The van der Waals surface area contributed by atoms with Crippen LogP contribution in [0.2, 0.25) is 0 Å². The Morgan fingerprint density at radius 3 is 2.14 bits per heavy atom. The molecule has 0 radical (unpaired) electrons. The normalized spacial score (nSPS) is 7.00. The average molecular weight is 278 g/mol. The van der Waals surface area contributed by atoms with Gasteiger partial charge in [0.15, 0.2) is 0 Å². The van der Waals surface area contributed by atoms with Gasteiger partial charge in [-0.25, -0.2) is 0 Å². The second-order valence-electron chi connectivity index (χ2n) is 1.14. The molecule has 0 aliphatic heterocycles. The molecule has 0 amide bonds. The third kappa shape index (κ3) is 10.7. The molecule has 7 heavy (non-hydrogen) atoms. The Bertz CT molecular complexity index is 53.7. The molecule has 0 aromatic carbocycles. The minimum absolute atomic E-state index is 0. The maximum atomic E-state index is 9.60. The number of hydrogen-bond donors (Lipinski definition) is 1. The quantitative estimate of drug-likeness (QED) is 0.814. The fourth-order valence-electron chi connectivity index (χ4n) is 0.214. The van der Waals surface area contributed by atoms with Gasteiger partial charge in [-0.15, -0.1) is 0 Å². The Kier molecular flexibility index (Phi) is 8.86. The average Bonchev–Trinajstić information content (AvgIpc) is 1.35. The first-order valence-electron chi connectivity index (χ1n) is 1.99. The third-order valence-electron chi connectivity index (χ3n) is 0.464. The third-order valence-corrected chi connectivity index (χ3v) is 0.464. The maximum absolute atomic E-state index is 9.60. The Morgan fingerprint density at radius 2 is 2.14 bits per heavy atom. The van der Waals surface area contributed by atoms with E-state index in [0.29, 0.717) is 6.42 Å². The van der Waals surface area contributed by atoms with Gasteiger partial charge in [0.25, 0.3) is 0 Å². The van der Waals surface area contributed by atoms with Gasteiger partial charge < -0.3 is 5.11 Å². The molecule has 3 heteroatoms. The van der Waals surface area contributed by atoms with Gasteiger partial charge in [-0.2, -0.15) is 0 Å². The van der Waals surface area contributed by atoms with E-state index in [9.17, 15) is 4.79 Å². The predicted octanol–water partition coefficient (Wildman–Crippen LogP) is 0.869. The molecule has 0 aliphatic rings. The molecule has 0 aromatic rings. The molecule has 0 bridgehead atoms. The SMILES string of the molecule is CCCC(=O)O.[Os]. The largest absolute Gasteiger partial charge is 0.481 e. The van der Waals surface area contributed by atoms with Crippen molar-refractivity contribution < 1.29 is 29.7 Å². The van der Waals surface area contributed by atoms with Crippen LogP contribution < -0.4 is 0 Å². The van der Waals surface area contributed by atoms with Gasteiger partial charge in [0.05, 0.1) is 0 Å². The van der Waals surface area contributed by atoms with Crippen LogP contribution in [-0.4, -0.2) is 11.1 Å². The fourth-order valence-corrected chi connectivity index (χ4v) is 0.214. The van der Waals surface area contributed by atoms with E-state index in [-0.39, 0.29) is 19.8 Å². The number of rotatable bonds is 2. The zero-order valence-electron chi connectivity index (χ0n) is 4.12.